The van der Waals surface area contributed by atoms with Gasteiger partial charge in [-0.05, 0) is 61.0 Å². The Balaban J connectivity index is 1.43. The van der Waals surface area contributed by atoms with Crippen LogP contribution in [0.5, 0.6) is 0 Å². The predicted molar refractivity (Wildman–Crippen MR) is 138 cm³/mol. The van der Waals surface area contributed by atoms with Gasteiger partial charge in [0.25, 0.3) is 0 Å². The molecule has 32 heavy (non-hydrogen) atoms. The molecular weight excluding hydrogens is 461 g/mol. The first-order chi connectivity index (χ1) is 15.3. The number of anilines is 2. The Bertz CT molecular complexity index is 953. The van der Waals surface area contributed by atoms with E-state index in [2.05, 4.69) is 46.5 Å². The Morgan fingerprint density at radius 1 is 1.12 bits per heavy atom. The van der Waals surface area contributed by atoms with Crippen LogP contribution in [0.3, 0.4) is 0 Å². The molecule has 2 aliphatic rings. The number of nitrogens with one attached hydrogen (secondary N) is 2. The maximum absolute atomic E-state index is 6.33. The molecule has 2 N–H and O–H groups in total. The molecular formula is C24H31Cl2N5S. The van der Waals surface area contributed by atoms with E-state index in [1.165, 1.54) is 24.8 Å². The number of benzene rings is 1. The topological polar surface area (TPSA) is 53.1 Å². The first kappa shape index (κ1) is 23.5. The van der Waals surface area contributed by atoms with Gasteiger partial charge in [0.05, 0.1) is 0 Å². The number of hydrogen-bond acceptors (Lipinski definition) is 4. The van der Waals surface area contributed by atoms with Crippen LogP contribution in [-0.2, 0) is 5.41 Å². The number of aromatic nitrogens is 2. The van der Waals surface area contributed by atoms with E-state index >= 15 is 0 Å². The van der Waals surface area contributed by atoms with E-state index < -0.39 is 0 Å². The van der Waals surface area contributed by atoms with Crippen molar-refractivity contribution >= 4 is 52.3 Å². The Morgan fingerprint density at radius 3 is 2.53 bits per heavy atom. The van der Waals surface area contributed by atoms with E-state index in [0.717, 1.165) is 43.3 Å². The summed E-state index contributed by atoms with van der Waals surface area (Å²) in [6.45, 7) is 7.25. The third kappa shape index (κ3) is 5.64. The maximum atomic E-state index is 6.33. The fourth-order valence-corrected chi connectivity index (χ4v) is 5.84. The van der Waals surface area contributed by atoms with Crippen LogP contribution in [0.25, 0.3) is 0 Å². The van der Waals surface area contributed by atoms with E-state index in [-0.39, 0.29) is 5.41 Å². The number of rotatable bonds is 5. The molecule has 1 aliphatic carbocycles. The van der Waals surface area contributed by atoms with Gasteiger partial charge in [-0.1, -0.05) is 62.0 Å². The van der Waals surface area contributed by atoms with Crippen molar-refractivity contribution in [3.05, 3.63) is 46.1 Å². The molecule has 0 radical (unpaired) electrons. The Hall–Kier alpha value is -1.63. The molecule has 2 aromatic rings. The summed E-state index contributed by atoms with van der Waals surface area (Å²) in [4.78, 5) is 11.3. The lowest BCUT2D eigenvalue weighted by molar-refractivity contribution is 0.355. The number of halogens is 2. The zero-order valence-corrected chi connectivity index (χ0v) is 21.0. The monoisotopic (exact) mass is 491 g/mol. The normalized spacial score (nSPS) is 22.6. The molecule has 1 aliphatic heterocycles. The minimum atomic E-state index is 0.0388. The summed E-state index contributed by atoms with van der Waals surface area (Å²) in [6.07, 6.45) is 5.89. The third-order valence-corrected chi connectivity index (χ3v) is 7.36. The van der Waals surface area contributed by atoms with E-state index in [9.17, 15) is 0 Å². The second-order valence-electron chi connectivity index (χ2n) is 9.53. The van der Waals surface area contributed by atoms with Crippen LogP contribution >= 0.6 is 35.4 Å². The molecule has 1 saturated heterocycles. The fraction of sp³-hybridized carbons (Fsp3) is 0.542. The summed E-state index contributed by atoms with van der Waals surface area (Å²) in [5.41, 5.74) is 1.31. The molecule has 0 spiro atoms. The molecule has 5 nitrogen and oxygen atoms in total. The van der Waals surface area contributed by atoms with Crippen molar-refractivity contribution in [2.45, 2.75) is 51.4 Å². The first-order valence-corrected chi connectivity index (χ1v) is 12.6. The molecule has 172 valence electrons. The van der Waals surface area contributed by atoms with Crippen molar-refractivity contribution in [2.24, 2.45) is 11.8 Å². The van der Waals surface area contributed by atoms with Gasteiger partial charge in [-0.25, -0.2) is 4.98 Å². The van der Waals surface area contributed by atoms with Gasteiger partial charge in [0, 0.05) is 36.1 Å². The van der Waals surface area contributed by atoms with Crippen molar-refractivity contribution in [1.82, 2.24) is 15.3 Å². The molecule has 2 atom stereocenters. The van der Waals surface area contributed by atoms with Gasteiger partial charge in [-0.15, -0.1) is 0 Å². The highest BCUT2D eigenvalue weighted by atomic mass is 35.5. The largest absolute Gasteiger partial charge is 0.361 e. The molecule has 2 fully saturated rings. The number of nitrogens with zero attached hydrogens (tertiary/aromatic N) is 3. The summed E-state index contributed by atoms with van der Waals surface area (Å²) in [6, 6.07) is 10.0. The predicted octanol–water partition coefficient (Wildman–Crippen LogP) is 6.06. The maximum Gasteiger partial charge on any atom is 0.232 e. The van der Waals surface area contributed by atoms with Crippen LogP contribution in [0.1, 0.15) is 51.5 Å². The molecule has 4 rings (SSSR count). The third-order valence-electron chi connectivity index (χ3n) is 6.68. The van der Waals surface area contributed by atoms with Crippen LogP contribution in [-0.4, -0.2) is 34.7 Å². The summed E-state index contributed by atoms with van der Waals surface area (Å²) in [5, 5.41) is 8.25. The first-order valence-electron chi connectivity index (χ1n) is 11.4. The van der Waals surface area contributed by atoms with E-state index in [4.69, 9.17) is 40.4 Å². The molecule has 0 amide bonds. The SMILES string of the molecule is C[C@@H]1C[C@H](C)CN(c2cc(Cl)nc(NC(=S)NCC3(c4cccc(Cl)c4)CCCC3)n2)C1. The lowest BCUT2D eigenvalue weighted by atomic mass is 9.79. The van der Waals surface area contributed by atoms with Crippen LogP contribution in [0, 0.1) is 11.8 Å². The van der Waals surface area contributed by atoms with E-state index in [1.54, 1.807) is 0 Å². The van der Waals surface area contributed by atoms with Gasteiger partial charge in [-0.3, -0.25) is 0 Å². The van der Waals surface area contributed by atoms with E-state index in [0.29, 0.717) is 28.0 Å². The highest BCUT2D eigenvalue weighted by molar-refractivity contribution is 7.80. The molecule has 8 heteroatoms. The summed E-state index contributed by atoms with van der Waals surface area (Å²) in [7, 11) is 0. The molecule has 1 aromatic heterocycles. The molecule has 1 aromatic carbocycles. The number of thiocarbonyl (C=S) groups is 1. The lowest BCUT2D eigenvalue weighted by Crippen LogP contribution is -2.41. The van der Waals surface area contributed by atoms with Gasteiger partial charge in [-0.2, -0.15) is 4.98 Å². The van der Waals surface area contributed by atoms with Crippen molar-refractivity contribution in [3.8, 4) is 0 Å². The quantitative estimate of drug-likeness (QED) is 0.391. The van der Waals surface area contributed by atoms with Crippen molar-refractivity contribution in [3.63, 3.8) is 0 Å². The summed E-state index contributed by atoms with van der Waals surface area (Å²) < 4.78 is 0. The van der Waals surface area contributed by atoms with Crippen molar-refractivity contribution < 1.29 is 0 Å². The van der Waals surface area contributed by atoms with Crippen LogP contribution in [0.15, 0.2) is 30.3 Å². The van der Waals surface area contributed by atoms with Crippen molar-refractivity contribution in [1.29, 1.82) is 0 Å². The minimum Gasteiger partial charge on any atom is -0.361 e. The van der Waals surface area contributed by atoms with E-state index in [1.807, 2.05) is 18.2 Å². The fourth-order valence-electron chi connectivity index (χ4n) is 5.31. The second-order valence-corrected chi connectivity index (χ2v) is 10.8. The number of hydrogen-bond donors (Lipinski definition) is 2. The van der Waals surface area contributed by atoms with Crippen LogP contribution < -0.4 is 15.5 Å². The molecule has 2 heterocycles. The van der Waals surface area contributed by atoms with Gasteiger partial charge >= 0.3 is 0 Å². The molecule has 1 saturated carbocycles. The van der Waals surface area contributed by atoms with Gasteiger partial charge < -0.3 is 15.5 Å². The second kappa shape index (κ2) is 10.1. The zero-order chi connectivity index (χ0) is 22.7. The Morgan fingerprint density at radius 2 is 1.84 bits per heavy atom. The highest BCUT2D eigenvalue weighted by Crippen LogP contribution is 2.41. The average Bonchev–Trinajstić information content (AvgIpc) is 3.21. The highest BCUT2D eigenvalue weighted by Gasteiger charge is 2.35. The lowest BCUT2D eigenvalue weighted by Gasteiger charge is -2.35. The zero-order valence-electron chi connectivity index (χ0n) is 18.7. The molecule has 0 bridgehead atoms. The Kier molecular flexibility index (Phi) is 7.43. The smallest absolute Gasteiger partial charge is 0.232 e. The van der Waals surface area contributed by atoms with Gasteiger partial charge in [0.15, 0.2) is 5.11 Å². The summed E-state index contributed by atoms with van der Waals surface area (Å²) >= 11 is 18.2. The van der Waals surface area contributed by atoms with Crippen molar-refractivity contribution in [2.75, 3.05) is 29.9 Å². The average molecular weight is 493 g/mol. The van der Waals surface area contributed by atoms with Crippen LogP contribution in [0.4, 0.5) is 11.8 Å². The summed E-state index contributed by atoms with van der Waals surface area (Å²) in [5.74, 6) is 2.53. The minimum absolute atomic E-state index is 0.0388. The van der Waals surface area contributed by atoms with Gasteiger partial charge in [0.2, 0.25) is 5.95 Å². The van der Waals surface area contributed by atoms with Gasteiger partial charge in [0.1, 0.15) is 11.0 Å². The molecule has 0 unspecified atom stereocenters. The van der Waals surface area contributed by atoms with Crippen LogP contribution in [0.2, 0.25) is 10.2 Å². The standard InChI is InChI=1S/C24H31Cl2N5S/c1-16-10-17(2)14-31(13-16)21-12-20(26)28-22(29-21)30-23(32)27-15-24(8-3-4-9-24)18-6-5-7-19(25)11-18/h5-7,11-12,16-17H,3-4,8-10,13-15H2,1-2H3,(H2,27,28,29,30,32)/t16-,17+. The number of piperidine rings is 1. The Labute approximate surface area is 206 Å².